The summed E-state index contributed by atoms with van der Waals surface area (Å²) in [6.45, 7) is 0. The third kappa shape index (κ3) is 26.2. The molecule has 0 spiro atoms. The summed E-state index contributed by atoms with van der Waals surface area (Å²) < 4.78 is 0. The Morgan fingerprint density at radius 3 is 0.500 bits per heavy atom. The van der Waals surface area contributed by atoms with E-state index in [0.717, 1.165) is 0 Å². The van der Waals surface area contributed by atoms with Crippen LogP contribution in [0.1, 0.15) is 0 Å². The summed E-state index contributed by atoms with van der Waals surface area (Å²) in [5, 5.41) is 0. The van der Waals surface area contributed by atoms with Crippen molar-refractivity contribution in [3.63, 3.8) is 0 Å². The topological polar surface area (TPSA) is 94.5 Å². The minimum Gasteiger partial charge on any atom is -0.412 e. The fourth-order valence-electron chi connectivity index (χ4n) is 0. The molecule has 0 heterocycles. The van der Waals surface area contributed by atoms with Gasteiger partial charge in [-0.05, 0) is 0 Å². The largest absolute Gasteiger partial charge is 0.412 e. The normalized spacial score (nSPS) is 0. The van der Waals surface area contributed by atoms with E-state index in [1.807, 2.05) is 0 Å². The Labute approximate surface area is 35.2 Å². The molecule has 0 saturated carbocycles. The molecule has 0 amide bonds. The van der Waals surface area contributed by atoms with E-state index in [1.54, 1.807) is 0 Å². The van der Waals surface area contributed by atoms with Crippen molar-refractivity contribution in [1.29, 1.82) is 0 Å². The zero-order chi connectivity index (χ0) is 0. The summed E-state index contributed by atoms with van der Waals surface area (Å²) in [5.74, 6) is 0. The average Bonchev–Trinajstić information content (AvgIpc) is 0. The van der Waals surface area contributed by atoms with Gasteiger partial charge in [0.1, 0.15) is 0 Å². The summed E-state index contributed by atoms with van der Waals surface area (Å²) in [6.07, 6.45) is 0. The Morgan fingerprint density at radius 2 is 0.500 bits per heavy atom. The second-order valence-corrected chi connectivity index (χ2v) is 0. The van der Waals surface area contributed by atoms with Crippen LogP contribution in [0, 0.1) is 0 Å². The van der Waals surface area contributed by atoms with Crippen LogP contribution in [0.25, 0.3) is 0 Å². The van der Waals surface area contributed by atoms with Crippen LogP contribution in [0.3, 0.4) is 0 Å². The molecule has 0 aliphatic heterocycles. The van der Waals surface area contributed by atoms with Gasteiger partial charge >= 0.3 is 0 Å². The number of hydrogen-bond acceptors (Lipinski definition) is 0. The van der Waals surface area contributed by atoms with Crippen molar-refractivity contribution in [2.45, 2.75) is 0 Å². The molecule has 29 valence electrons. The summed E-state index contributed by atoms with van der Waals surface area (Å²) in [5.41, 5.74) is 0. The molecule has 3 nitrogen and oxygen atoms in total. The first-order chi connectivity index (χ1) is 0. The zero-order valence-corrected chi connectivity index (χ0v) is 3.82. The Bertz CT molecular complexity index is 3.25. The molecule has 0 atom stereocenters. The summed E-state index contributed by atoms with van der Waals surface area (Å²) in [6, 6.07) is 0. The Morgan fingerprint density at radius 1 is 0.500 bits per heavy atom. The third-order valence-electron chi connectivity index (χ3n) is 0. The molecule has 6 N–H and O–H groups in total. The van der Waals surface area contributed by atoms with Crippen molar-refractivity contribution >= 4 is 18.0 Å². The molecule has 0 rings (SSSR count). The van der Waals surface area contributed by atoms with Crippen molar-refractivity contribution in [3.8, 4) is 0 Å². The number of rotatable bonds is 0. The summed E-state index contributed by atoms with van der Waals surface area (Å²) in [4.78, 5) is 0. The molecule has 0 aliphatic carbocycles. The predicted molar refractivity (Wildman–Crippen MR) is 16.6 cm³/mol. The van der Waals surface area contributed by atoms with Gasteiger partial charge < -0.3 is 16.4 Å². The van der Waals surface area contributed by atoms with Gasteiger partial charge in [0.2, 0.25) is 0 Å². The fraction of sp³-hybridized carbons (Fsp3) is 0. The first kappa shape index (κ1) is 273. The van der Waals surface area contributed by atoms with E-state index in [9.17, 15) is 0 Å². The molecule has 4 heavy (non-hydrogen) atoms. The van der Waals surface area contributed by atoms with Crippen LogP contribution in [0.2, 0.25) is 0 Å². The van der Waals surface area contributed by atoms with Crippen LogP contribution in [0.15, 0.2) is 0 Å². The van der Waals surface area contributed by atoms with Crippen LogP contribution in [0.4, 0.5) is 0 Å². The van der Waals surface area contributed by atoms with Gasteiger partial charge in [0, 0.05) is 18.0 Å². The average molecular weight is 129 g/mol. The molecule has 0 aliphatic rings. The van der Waals surface area contributed by atoms with Crippen LogP contribution in [-0.4, -0.2) is 34.4 Å². The molecular weight excluding hydrogens is 123 g/mol. The Kier molecular flexibility index (Phi) is 7260. The summed E-state index contributed by atoms with van der Waals surface area (Å²) >= 11 is 0. The standard InChI is InChI=1S/As.3H2O/h;3*1H2. The van der Waals surface area contributed by atoms with Crippen molar-refractivity contribution < 1.29 is 16.4 Å². The van der Waals surface area contributed by atoms with Crippen LogP contribution < -0.4 is 0 Å². The molecule has 4 heteroatoms. The molecule has 0 aromatic rings. The van der Waals surface area contributed by atoms with Gasteiger partial charge in [0.05, 0.1) is 0 Å². The minimum absolute atomic E-state index is 0. The predicted octanol–water partition coefficient (Wildman–Crippen LogP) is -2.85. The second-order valence-electron chi connectivity index (χ2n) is 0. The van der Waals surface area contributed by atoms with E-state index in [2.05, 4.69) is 0 Å². The van der Waals surface area contributed by atoms with E-state index >= 15 is 0 Å². The molecule has 0 aromatic heterocycles. The van der Waals surface area contributed by atoms with Crippen molar-refractivity contribution in [2.75, 3.05) is 0 Å². The van der Waals surface area contributed by atoms with Gasteiger partial charge in [-0.15, -0.1) is 0 Å². The molecule has 3 radical (unpaired) electrons. The van der Waals surface area contributed by atoms with Crippen LogP contribution >= 0.6 is 0 Å². The van der Waals surface area contributed by atoms with Gasteiger partial charge in [-0.1, -0.05) is 0 Å². The summed E-state index contributed by atoms with van der Waals surface area (Å²) in [7, 11) is 0. The van der Waals surface area contributed by atoms with Crippen molar-refractivity contribution in [2.24, 2.45) is 0 Å². The number of hydrogen-bond donors (Lipinski definition) is 0. The molecule has 0 bridgehead atoms. The maximum Gasteiger partial charge on any atom is 0 e. The second kappa shape index (κ2) is 106. The van der Waals surface area contributed by atoms with Gasteiger partial charge in [-0.2, -0.15) is 0 Å². The van der Waals surface area contributed by atoms with E-state index < -0.39 is 0 Å². The quantitative estimate of drug-likeness (QED) is 0.314. The maximum atomic E-state index is 0. The van der Waals surface area contributed by atoms with E-state index in [-0.39, 0.29) is 34.4 Å². The molecule has 0 unspecified atom stereocenters. The van der Waals surface area contributed by atoms with Gasteiger partial charge in [0.25, 0.3) is 0 Å². The SMILES string of the molecule is O.O.O.[As]. The smallest absolute Gasteiger partial charge is 0 e. The monoisotopic (exact) mass is 129 g/mol. The third-order valence-corrected chi connectivity index (χ3v) is 0. The Balaban J connectivity index is 0. The Hall–Kier alpha value is 0.438. The molecule has 0 aromatic carbocycles. The molecule has 0 saturated heterocycles. The zero-order valence-electron chi connectivity index (χ0n) is 1.95. The van der Waals surface area contributed by atoms with E-state index in [4.69, 9.17) is 0 Å². The van der Waals surface area contributed by atoms with Gasteiger partial charge in [0.15, 0.2) is 0 Å². The minimum atomic E-state index is 0. The van der Waals surface area contributed by atoms with Crippen molar-refractivity contribution in [3.05, 3.63) is 0 Å². The molecular formula is H6AsO3. The van der Waals surface area contributed by atoms with Crippen molar-refractivity contribution in [1.82, 2.24) is 0 Å². The van der Waals surface area contributed by atoms with Gasteiger partial charge in [-0.25, -0.2) is 0 Å². The maximum absolute atomic E-state index is 0. The first-order valence-electron chi connectivity index (χ1n) is 0. The molecule has 0 fully saturated rings. The van der Waals surface area contributed by atoms with Crippen LogP contribution in [-0.2, 0) is 0 Å². The van der Waals surface area contributed by atoms with Crippen LogP contribution in [0.5, 0.6) is 0 Å². The van der Waals surface area contributed by atoms with E-state index in [1.165, 1.54) is 0 Å². The fourth-order valence-corrected chi connectivity index (χ4v) is 0. The van der Waals surface area contributed by atoms with E-state index in [0.29, 0.717) is 0 Å². The van der Waals surface area contributed by atoms with Gasteiger partial charge in [-0.3, -0.25) is 0 Å². The first-order valence-corrected chi connectivity index (χ1v) is 0.